The van der Waals surface area contributed by atoms with Crippen molar-refractivity contribution in [2.24, 2.45) is 10.5 Å². The van der Waals surface area contributed by atoms with Crippen LogP contribution in [0.25, 0.3) is 20.9 Å². The number of hydrogen-bond donors (Lipinski definition) is 0. The van der Waals surface area contributed by atoms with Gasteiger partial charge < -0.3 is 0 Å². The van der Waals surface area contributed by atoms with Crippen LogP contribution < -0.4 is 0 Å². The average molecular weight is 402 g/mol. The molecule has 0 saturated heterocycles. The molecular weight excluding hydrogens is 378 g/mol. The van der Waals surface area contributed by atoms with Gasteiger partial charge in [0.2, 0.25) is 0 Å². The first kappa shape index (κ1) is 19.3. The van der Waals surface area contributed by atoms with Gasteiger partial charge in [0.25, 0.3) is 0 Å². The summed E-state index contributed by atoms with van der Waals surface area (Å²) in [5, 5.41) is 4.43. The summed E-state index contributed by atoms with van der Waals surface area (Å²) >= 11 is 0. The van der Waals surface area contributed by atoms with Crippen molar-refractivity contribution in [3.8, 4) is 11.1 Å². The van der Waals surface area contributed by atoms with Gasteiger partial charge in [-0.1, -0.05) is 54.6 Å². The van der Waals surface area contributed by atoms with Crippen molar-refractivity contribution >= 4 is 11.4 Å². The molecule has 5 rings (SSSR count). The van der Waals surface area contributed by atoms with Crippen molar-refractivity contribution in [1.82, 2.24) is 0 Å². The second-order valence-electron chi connectivity index (χ2n) is 8.63. The standard InChI is InChI=1S/C28H23N3/c1-29-25-9-5-8-23(18-25)24-11-10-22-14-17-28(27(31-30-2)26(22)19-24)15-12-20-6-3-4-7-21(20)13-16-28/h3-11,18-19H,12-17H2. The Kier molecular flexibility index (Phi) is 4.89. The number of nitrogens with zero attached hydrogens (tertiary/aromatic N) is 3. The fourth-order valence-corrected chi connectivity index (χ4v) is 5.34. The van der Waals surface area contributed by atoms with Gasteiger partial charge in [0.1, 0.15) is 5.71 Å². The van der Waals surface area contributed by atoms with Gasteiger partial charge in [0.15, 0.2) is 5.69 Å². The maximum absolute atomic E-state index is 7.54. The summed E-state index contributed by atoms with van der Waals surface area (Å²) in [6.07, 6.45) is 6.22. The molecule has 0 unspecified atom stereocenters. The summed E-state index contributed by atoms with van der Waals surface area (Å²) in [6, 6.07) is 23.0. The summed E-state index contributed by atoms with van der Waals surface area (Å²) < 4.78 is 0. The molecule has 3 aromatic rings. The van der Waals surface area contributed by atoms with Crippen LogP contribution in [0.4, 0.5) is 5.69 Å². The zero-order valence-corrected chi connectivity index (χ0v) is 17.4. The maximum atomic E-state index is 7.54. The number of benzene rings is 3. The second kappa shape index (κ2) is 7.86. The van der Waals surface area contributed by atoms with Crippen LogP contribution in [-0.4, -0.2) is 5.71 Å². The van der Waals surface area contributed by atoms with E-state index in [1.165, 1.54) is 16.7 Å². The van der Waals surface area contributed by atoms with E-state index >= 15 is 0 Å². The molecule has 3 aromatic carbocycles. The quantitative estimate of drug-likeness (QED) is 0.308. The molecular formula is C28H23N3. The van der Waals surface area contributed by atoms with Gasteiger partial charge in [-0.15, -0.1) is 4.95 Å². The monoisotopic (exact) mass is 401 g/mol. The Hall–Kier alpha value is -3.69. The van der Waals surface area contributed by atoms with E-state index in [1.807, 2.05) is 24.3 Å². The number of rotatable bonds is 1. The smallest absolute Gasteiger partial charge is 0.187 e. The molecule has 31 heavy (non-hydrogen) atoms. The first-order valence-electron chi connectivity index (χ1n) is 10.9. The van der Waals surface area contributed by atoms with E-state index in [2.05, 4.69) is 57.4 Å². The van der Waals surface area contributed by atoms with E-state index < -0.39 is 0 Å². The van der Waals surface area contributed by atoms with Crippen molar-refractivity contribution < 1.29 is 0 Å². The highest BCUT2D eigenvalue weighted by Crippen LogP contribution is 2.46. The van der Waals surface area contributed by atoms with Gasteiger partial charge in [-0.05, 0) is 78.5 Å². The average Bonchev–Trinajstić information content (AvgIpc) is 3.01. The summed E-state index contributed by atoms with van der Waals surface area (Å²) in [4.78, 5) is 7.09. The van der Waals surface area contributed by atoms with Crippen molar-refractivity contribution in [3.63, 3.8) is 0 Å². The molecule has 3 nitrogen and oxygen atoms in total. The third-order valence-corrected chi connectivity index (χ3v) is 7.06. The van der Waals surface area contributed by atoms with Gasteiger partial charge in [-0.3, -0.25) is 0 Å². The minimum absolute atomic E-state index is 0.0481. The van der Waals surface area contributed by atoms with Gasteiger partial charge in [0.05, 0.1) is 11.7 Å². The molecule has 0 heterocycles. The fourth-order valence-electron chi connectivity index (χ4n) is 5.34. The summed E-state index contributed by atoms with van der Waals surface area (Å²) in [6.45, 7) is 14.9. The maximum Gasteiger partial charge on any atom is 0.187 e. The number of aryl methyl sites for hydroxylation is 3. The van der Waals surface area contributed by atoms with Gasteiger partial charge in [-0.2, -0.15) is 6.57 Å². The number of fused-ring (bicyclic) bond motifs is 2. The zero-order chi connectivity index (χ0) is 21.3. The predicted molar refractivity (Wildman–Crippen MR) is 125 cm³/mol. The first-order valence-corrected chi connectivity index (χ1v) is 10.9. The molecule has 150 valence electrons. The van der Waals surface area contributed by atoms with Gasteiger partial charge in [-0.25, -0.2) is 4.85 Å². The topological polar surface area (TPSA) is 21.1 Å². The molecule has 0 aliphatic heterocycles. The molecule has 2 aliphatic rings. The van der Waals surface area contributed by atoms with E-state index in [0.717, 1.165) is 60.9 Å². The van der Waals surface area contributed by atoms with E-state index in [9.17, 15) is 0 Å². The van der Waals surface area contributed by atoms with Crippen molar-refractivity contribution in [2.75, 3.05) is 0 Å². The Bertz CT molecular complexity index is 1240. The molecule has 0 aromatic heterocycles. The molecule has 0 amide bonds. The molecule has 0 atom stereocenters. The van der Waals surface area contributed by atoms with Crippen LogP contribution in [0.3, 0.4) is 0 Å². The lowest BCUT2D eigenvalue weighted by Crippen LogP contribution is -2.37. The highest BCUT2D eigenvalue weighted by Gasteiger charge is 2.43. The highest BCUT2D eigenvalue weighted by atomic mass is 15.2. The normalized spacial score (nSPS) is 17.8. The van der Waals surface area contributed by atoms with Crippen molar-refractivity contribution in [3.05, 3.63) is 112 Å². The molecule has 1 spiro atoms. The lowest BCUT2D eigenvalue weighted by atomic mass is 9.65. The van der Waals surface area contributed by atoms with Crippen LogP contribution in [0.1, 0.15) is 41.5 Å². The molecule has 3 heteroatoms. The minimum atomic E-state index is -0.0481. The Balaban J connectivity index is 1.58. The van der Waals surface area contributed by atoms with E-state index in [0.29, 0.717) is 5.69 Å². The zero-order valence-electron chi connectivity index (χ0n) is 17.4. The number of hydrogen-bond acceptors (Lipinski definition) is 1. The second-order valence-corrected chi connectivity index (χ2v) is 8.63. The lowest BCUT2D eigenvalue weighted by molar-refractivity contribution is 0.331. The first-order chi connectivity index (χ1) is 15.2. The SMILES string of the molecule is [C-]#[N+]N=C1c2cc(-c3cccc([N+]#[C-])c3)ccc2CCC12CCc1ccccc1CC2. The Morgan fingerprint density at radius 3 is 2.06 bits per heavy atom. The van der Waals surface area contributed by atoms with Crippen molar-refractivity contribution in [1.29, 1.82) is 0 Å². The van der Waals surface area contributed by atoms with Crippen molar-refractivity contribution in [2.45, 2.75) is 38.5 Å². The van der Waals surface area contributed by atoms with E-state index in [-0.39, 0.29) is 5.41 Å². The Morgan fingerprint density at radius 1 is 0.710 bits per heavy atom. The Labute approximate surface area is 183 Å². The van der Waals surface area contributed by atoms with Crippen LogP contribution >= 0.6 is 0 Å². The molecule has 0 fully saturated rings. The van der Waals surface area contributed by atoms with Gasteiger partial charge in [0, 0.05) is 11.0 Å². The van der Waals surface area contributed by atoms with Crippen LogP contribution in [0.15, 0.2) is 71.8 Å². The Morgan fingerprint density at radius 2 is 1.39 bits per heavy atom. The summed E-state index contributed by atoms with van der Waals surface area (Å²) in [5.41, 5.74) is 8.96. The fraction of sp³-hybridized carbons (Fsp3) is 0.250. The van der Waals surface area contributed by atoms with Crippen LogP contribution in [0.2, 0.25) is 0 Å². The third kappa shape index (κ3) is 3.43. The van der Waals surface area contributed by atoms with E-state index in [4.69, 9.17) is 13.1 Å². The molecule has 0 saturated carbocycles. The minimum Gasteiger partial charge on any atom is -0.238 e. The lowest BCUT2D eigenvalue weighted by Gasteiger charge is -2.37. The molecule has 0 N–H and O–H groups in total. The summed E-state index contributed by atoms with van der Waals surface area (Å²) in [7, 11) is 0. The predicted octanol–water partition coefficient (Wildman–Crippen LogP) is 7.04. The largest absolute Gasteiger partial charge is 0.238 e. The van der Waals surface area contributed by atoms with Crippen LogP contribution in [0.5, 0.6) is 0 Å². The van der Waals surface area contributed by atoms with Crippen LogP contribution in [0, 0.1) is 18.6 Å². The summed E-state index contributed by atoms with van der Waals surface area (Å²) in [5.74, 6) is 0. The highest BCUT2D eigenvalue weighted by molar-refractivity contribution is 6.08. The molecule has 0 bridgehead atoms. The third-order valence-electron chi connectivity index (χ3n) is 7.06. The molecule has 2 aliphatic carbocycles. The molecule has 0 radical (unpaired) electrons. The van der Waals surface area contributed by atoms with Gasteiger partial charge >= 0.3 is 0 Å². The van der Waals surface area contributed by atoms with E-state index in [1.54, 1.807) is 0 Å². The van der Waals surface area contributed by atoms with Crippen LogP contribution in [-0.2, 0) is 19.3 Å².